The fraction of sp³-hybridized carbons (Fsp3) is 0.222. The first kappa shape index (κ1) is 9.95. The van der Waals surface area contributed by atoms with Gasteiger partial charge in [0.1, 0.15) is 0 Å². The zero-order valence-corrected chi connectivity index (χ0v) is 7.99. The summed E-state index contributed by atoms with van der Waals surface area (Å²) in [5, 5.41) is 8.62. The fourth-order valence-corrected chi connectivity index (χ4v) is 1.08. The van der Waals surface area contributed by atoms with Crippen LogP contribution in [0.5, 0.6) is 0 Å². The van der Waals surface area contributed by atoms with Gasteiger partial charge in [-0.25, -0.2) is 4.79 Å². The van der Waals surface area contributed by atoms with Crippen LogP contribution >= 0.6 is 0 Å². The molecule has 1 N–H and O–H groups in total. The Bertz CT molecular complexity index is 281. The third kappa shape index (κ3) is 3.00. The van der Waals surface area contributed by atoms with E-state index in [9.17, 15) is 4.79 Å². The van der Waals surface area contributed by atoms with Crippen molar-refractivity contribution >= 4 is 16.5 Å². The Labute approximate surface area is 79.9 Å². The number of hydrogen-bond acceptors (Lipinski definition) is 2. The number of carbonyl (C=O) groups is 1. The topological polar surface area (TPSA) is 46.5 Å². The van der Waals surface area contributed by atoms with Gasteiger partial charge >= 0.3 is 5.97 Å². The van der Waals surface area contributed by atoms with Crippen LogP contribution in [0.3, 0.4) is 0 Å². The second kappa shape index (κ2) is 4.79. The van der Waals surface area contributed by atoms with Gasteiger partial charge in [-0.05, 0) is 24.1 Å². The Hall–Kier alpha value is -1.13. The Morgan fingerprint density at radius 1 is 1.38 bits per heavy atom. The van der Waals surface area contributed by atoms with E-state index in [4.69, 9.17) is 9.53 Å². The lowest BCUT2D eigenvalue weighted by Gasteiger charge is -2.00. The second-order valence-electron chi connectivity index (χ2n) is 2.60. The van der Waals surface area contributed by atoms with Gasteiger partial charge in [0.15, 0.2) is 0 Å². The molecule has 13 heavy (non-hydrogen) atoms. The maximum Gasteiger partial charge on any atom is 0.335 e. The molecule has 0 saturated heterocycles. The highest BCUT2D eigenvalue weighted by Gasteiger charge is 2.00. The number of carboxylic acids is 1. The van der Waals surface area contributed by atoms with E-state index in [1.54, 1.807) is 24.3 Å². The predicted molar refractivity (Wildman–Crippen MR) is 48.8 cm³/mol. The summed E-state index contributed by atoms with van der Waals surface area (Å²) in [6.07, 6.45) is 0.767. The van der Waals surface area contributed by atoms with Gasteiger partial charge in [-0.2, -0.15) is 0 Å². The molecule has 0 spiro atoms. The minimum absolute atomic E-state index is 0.308. The second-order valence-corrected chi connectivity index (χ2v) is 2.89. The zero-order chi connectivity index (χ0) is 9.68. The van der Waals surface area contributed by atoms with Gasteiger partial charge in [0.25, 0.3) is 0 Å². The van der Waals surface area contributed by atoms with Crippen molar-refractivity contribution in [2.45, 2.75) is 6.42 Å². The van der Waals surface area contributed by atoms with Crippen molar-refractivity contribution in [3.05, 3.63) is 35.4 Å². The highest BCUT2D eigenvalue weighted by atomic mass is 28.2. The quantitative estimate of drug-likeness (QED) is 0.726. The third-order valence-electron chi connectivity index (χ3n) is 1.69. The van der Waals surface area contributed by atoms with Crippen molar-refractivity contribution < 1.29 is 14.3 Å². The summed E-state index contributed by atoms with van der Waals surface area (Å²) < 4.78 is 4.71. The average molecular weight is 193 g/mol. The molecule has 1 aromatic carbocycles. The lowest BCUT2D eigenvalue weighted by molar-refractivity contribution is 0.0697. The van der Waals surface area contributed by atoms with E-state index in [0.717, 1.165) is 12.0 Å². The molecule has 0 saturated carbocycles. The van der Waals surface area contributed by atoms with E-state index in [-0.39, 0.29) is 0 Å². The van der Waals surface area contributed by atoms with Crippen LogP contribution in [0.15, 0.2) is 24.3 Å². The summed E-state index contributed by atoms with van der Waals surface area (Å²) in [7, 11) is 2.90. The molecule has 0 aliphatic carbocycles. The SMILES string of the molecule is O=C(O)c1ccc(CCO[Si])cc1. The van der Waals surface area contributed by atoms with E-state index in [1.807, 2.05) is 0 Å². The number of hydrogen-bond donors (Lipinski definition) is 1. The highest BCUT2D eigenvalue weighted by Crippen LogP contribution is 2.04. The molecule has 0 aromatic heterocycles. The van der Waals surface area contributed by atoms with E-state index in [2.05, 4.69) is 10.5 Å². The number of carboxylic acid groups (broad SMARTS) is 1. The van der Waals surface area contributed by atoms with Gasteiger partial charge < -0.3 is 9.53 Å². The molecular weight excluding hydrogens is 184 g/mol. The highest BCUT2D eigenvalue weighted by molar-refractivity contribution is 5.97. The molecule has 67 valence electrons. The normalized spacial score (nSPS) is 9.92. The molecule has 0 amide bonds. The number of benzene rings is 1. The maximum atomic E-state index is 10.5. The molecule has 0 aliphatic heterocycles. The molecule has 0 bridgehead atoms. The van der Waals surface area contributed by atoms with Crippen LogP contribution in [0.4, 0.5) is 0 Å². The summed E-state index contributed by atoms with van der Waals surface area (Å²) in [6, 6.07) is 6.75. The minimum Gasteiger partial charge on any atom is -0.478 e. The van der Waals surface area contributed by atoms with Crippen LogP contribution in [0, 0.1) is 0 Å². The van der Waals surface area contributed by atoms with Crippen molar-refractivity contribution in [3.63, 3.8) is 0 Å². The average Bonchev–Trinajstić information content (AvgIpc) is 2.15. The number of rotatable bonds is 4. The van der Waals surface area contributed by atoms with Crippen molar-refractivity contribution in [2.24, 2.45) is 0 Å². The molecule has 0 unspecified atom stereocenters. The first-order valence-electron chi connectivity index (χ1n) is 3.85. The monoisotopic (exact) mass is 193 g/mol. The summed E-state index contributed by atoms with van der Waals surface area (Å²) in [5.74, 6) is -0.900. The molecule has 0 fully saturated rings. The van der Waals surface area contributed by atoms with Crippen molar-refractivity contribution in [1.29, 1.82) is 0 Å². The van der Waals surface area contributed by atoms with Gasteiger partial charge in [-0.3, -0.25) is 0 Å². The van der Waals surface area contributed by atoms with E-state index < -0.39 is 5.97 Å². The van der Waals surface area contributed by atoms with Gasteiger partial charge in [0.05, 0.1) is 5.56 Å². The van der Waals surface area contributed by atoms with Gasteiger partial charge in [-0.1, -0.05) is 12.1 Å². The Morgan fingerprint density at radius 2 is 2.00 bits per heavy atom. The van der Waals surface area contributed by atoms with Crippen LogP contribution in [0.1, 0.15) is 15.9 Å². The molecule has 0 heterocycles. The van der Waals surface area contributed by atoms with E-state index >= 15 is 0 Å². The molecule has 3 nitrogen and oxygen atoms in total. The summed E-state index contributed by atoms with van der Waals surface area (Å²) >= 11 is 0. The standard InChI is InChI=1S/C9H9O3Si/c10-9(11)8-3-1-7(2-4-8)5-6-12-13/h1-4H,5-6H2,(H,10,11). The summed E-state index contributed by atoms with van der Waals surface area (Å²) in [5.41, 5.74) is 1.37. The van der Waals surface area contributed by atoms with Crippen LogP contribution in [0.2, 0.25) is 0 Å². The fourth-order valence-electron chi connectivity index (χ4n) is 0.983. The molecule has 0 aliphatic rings. The molecule has 0 atom stereocenters. The van der Waals surface area contributed by atoms with Crippen molar-refractivity contribution in [2.75, 3.05) is 6.61 Å². The van der Waals surface area contributed by atoms with Gasteiger partial charge in [-0.15, -0.1) is 0 Å². The van der Waals surface area contributed by atoms with E-state index in [1.165, 1.54) is 0 Å². The third-order valence-corrected chi connectivity index (χ3v) is 1.90. The number of aromatic carboxylic acids is 1. The smallest absolute Gasteiger partial charge is 0.335 e. The maximum absolute atomic E-state index is 10.5. The van der Waals surface area contributed by atoms with Crippen LogP contribution in [-0.4, -0.2) is 28.2 Å². The lowest BCUT2D eigenvalue weighted by Crippen LogP contribution is -1.98. The van der Waals surface area contributed by atoms with Crippen LogP contribution in [-0.2, 0) is 10.8 Å². The molecule has 1 aromatic rings. The first-order valence-corrected chi connectivity index (χ1v) is 4.25. The summed E-state index contributed by atoms with van der Waals surface area (Å²) in [4.78, 5) is 10.5. The summed E-state index contributed by atoms with van der Waals surface area (Å²) in [6.45, 7) is 0.573. The molecular formula is C9H9O3Si. The largest absolute Gasteiger partial charge is 0.478 e. The minimum atomic E-state index is -0.900. The van der Waals surface area contributed by atoms with Crippen molar-refractivity contribution in [1.82, 2.24) is 0 Å². The molecule has 3 radical (unpaired) electrons. The lowest BCUT2D eigenvalue weighted by atomic mass is 10.1. The predicted octanol–water partition coefficient (Wildman–Crippen LogP) is 1.03. The van der Waals surface area contributed by atoms with Crippen LogP contribution in [0.25, 0.3) is 0 Å². The molecule has 4 heteroatoms. The van der Waals surface area contributed by atoms with Crippen molar-refractivity contribution in [3.8, 4) is 0 Å². The van der Waals surface area contributed by atoms with Crippen LogP contribution < -0.4 is 0 Å². The molecule has 1 rings (SSSR count). The van der Waals surface area contributed by atoms with Gasteiger partial charge in [0, 0.05) is 6.61 Å². The Morgan fingerprint density at radius 3 is 2.46 bits per heavy atom. The zero-order valence-electron chi connectivity index (χ0n) is 6.99. The Balaban J connectivity index is 2.64. The Kier molecular flexibility index (Phi) is 3.66. The first-order chi connectivity index (χ1) is 6.24. The van der Waals surface area contributed by atoms with Gasteiger partial charge in [0.2, 0.25) is 10.5 Å². The van der Waals surface area contributed by atoms with E-state index in [0.29, 0.717) is 12.2 Å².